The molecule has 0 atom stereocenters. The van der Waals surface area contributed by atoms with Crippen LogP contribution in [0.25, 0.3) is 11.2 Å². The minimum Gasteiger partial charge on any atom is -0.351 e. The highest BCUT2D eigenvalue weighted by Crippen LogP contribution is 2.20. The molecule has 31 heavy (non-hydrogen) atoms. The molecule has 0 fully saturated rings. The first-order valence-electron chi connectivity index (χ1n) is 9.54. The zero-order valence-corrected chi connectivity index (χ0v) is 17.0. The van der Waals surface area contributed by atoms with Gasteiger partial charge >= 0.3 is 5.69 Å². The lowest BCUT2D eigenvalue weighted by Gasteiger charge is -2.11. The molecule has 2 heterocycles. The number of imidazole rings is 1. The van der Waals surface area contributed by atoms with Crippen LogP contribution in [0.5, 0.6) is 0 Å². The van der Waals surface area contributed by atoms with Gasteiger partial charge in [-0.1, -0.05) is 42.5 Å². The van der Waals surface area contributed by atoms with Crippen LogP contribution in [0.1, 0.15) is 11.1 Å². The highest BCUT2D eigenvalue weighted by Gasteiger charge is 2.19. The van der Waals surface area contributed by atoms with Crippen molar-refractivity contribution in [3.8, 4) is 0 Å². The van der Waals surface area contributed by atoms with Crippen molar-refractivity contribution in [1.82, 2.24) is 18.7 Å². The Balaban J connectivity index is 1.82. The lowest BCUT2D eigenvalue weighted by molar-refractivity contribution is -0.384. The Morgan fingerprint density at radius 1 is 0.968 bits per heavy atom. The summed E-state index contributed by atoms with van der Waals surface area (Å²) in [5.41, 5.74) is 1.39. The van der Waals surface area contributed by atoms with E-state index in [0.29, 0.717) is 12.5 Å². The number of nitro benzene ring substituents is 1. The molecule has 0 bridgehead atoms. The quantitative estimate of drug-likeness (QED) is 0.377. The van der Waals surface area contributed by atoms with Crippen LogP contribution < -0.4 is 16.6 Å². The first kappa shape index (κ1) is 20.1. The predicted molar refractivity (Wildman–Crippen MR) is 116 cm³/mol. The fourth-order valence-electron chi connectivity index (χ4n) is 3.42. The molecule has 1 N–H and O–H groups in total. The number of hydrogen-bond acceptors (Lipinski definition) is 6. The summed E-state index contributed by atoms with van der Waals surface area (Å²) < 4.78 is 4.06. The monoisotopic (exact) mass is 420 g/mol. The number of fused-ring (bicyclic) bond motifs is 1. The summed E-state index contributed by atoms with van der Waals surface area (Å²) in [5.74, 6) is 0.426. The second-order valence-electron chi connectivity index (χ2n) is 7.16. The van der Waals surface area contributed by atoms with Gasteiger partial charge in [-0.3, -0.25) is 28.6 Å². The van der Waals surface area contributed by atoms with E-state index in [0.717, 1.165) is 15.7 Å². The zero-order chi connectivity index (χ0) is 22.1. The van der Waals surface area contributed by atoms with Gasteiger partial charge in [0.1, 0.15) is 0 Å². The molecule has 0 amide bonds. The topological polar surface area (TPSA) is 117 Å². The third kappa shape index (κ3) is 3.70. The van der Waals surface area contributed by atoms with Crippen LogP contribution in [-0.2, 0) is 27.2 Å². The molecular formula is C21H20N6O4. The minimum atomic E-state index is -0.466. The van der Waals surface area contributed by atoms with Crippen LogP contribution >= 0.6 is 0 Å². The van der Waals surface area contributed by atoms with E-state index in [2.05, 4.69) is 10.3 Å². The predicted octanol–water partition coefficient (Wildman–Crippen LogP) is 2.00. The highest BCUT2D eigenvalue weighted by molar-refractivity contribution is 5.74. The van der Waals surface area contributed by atoms with Gasteiger partial charge < -0.3 is 5.32 Å². The molecule has 0 aliphatic heterocycles. The zero-order valence-electron chi connectivity index (χ0n) is 17.0. The van der Waals surface area contributed by atoms with Gasteiger partial charge in [0.05, 0.1) is 11.5 Å². The third-order valence-corrected chi connectivity index (χ3v) is 5.13. The van der Waals surface area contributed by atoms with E-state index >= 15 is 0 Å². The van der Waals surface area contributed by atoms with E-state index in [4.69, 9.17) is 0 Å². The van der Waals surface area contributed by atoms with Crippen LogP contribution in [0, 0.1) is 10.1 Å². The first-order valence-corrected chi connectivity index (χ1v) is 9.54. The Kier molecular flexibility index (Phi) is 5.12. The molecule has 0 aliphatic carbocycles. The molecule has 0 saturated carbocycles. The second kappa shape index (κ2) is 7.90. The highest BCUT2D eigenvalue weighted by atomic mass is 16.6. The van der Waals surface area contributed by atoms with Crippen molar-refractivity contribution in [2.45, 2.75) is 13.1 Å². The number of rotatable bonds is 6. The standard InChI is InChI=1S/C21H20N6O4/c1-24-18-17(19(28)25(2)21(24)29)26(13-15-8-10-16(11-9-15)27(30)31)20(23-18)22-12-14-6-4-3-5-7-14/h3-11H,12-13H2,1-2H3,(H,22,23). The van der Waals surface area contributed by atoms with Gasteiger partial charge in [-0.15, -0.1) is 0 Å². The van der Waals surface area contributed by atoms with Gasteiger partial charge in [0.25, 0.3) is 11.2 Å². The normalized spacial score (nSPS) is 11.0. The maximum Gasteiger partial charge on any atom is 0.332 e. The van der Waals surface area contributed by atoms with E-state index in [1.165, 1.54) is 23.7 Å². The SMILES string of the molecule is Cn1c(=O)c2c(nc(NCc3ccccc3)n2Cc2ccc([N+](=O)[O-])cc2)n(C)c1=O. The molecule has 10 heteroatoms. The average Bonchev–Trinajstić information content (AvgIpc) is 3.14. The van der Waals surface area contributed by atoms with E-state index in [1.807, 2.05) is 30.3 Å². The number of nitro groups is 1. The molecule has 158 valence electrons. The second-order valence-corrected chi connectivity index (χ2v) is 7.16. The van der Waals surface area contributed by atoms with Crippen molar-refractivity contribution in [3.05, 3.63) is 96.7 Å². The van der Waals surface area contributed by atoms with Crippen LogP contribution in [-0.4, -0.2) is 23.6 Å². The van der Waals surface area contributed by atoms with Crippen molar-refractivity contribution in [1.29, 1.82) is 0 Å². The van der Waals surface area contributed by atoms with E-state index < -0.39 is 16.2 Å². The molecular weight excluding hydrogens is 400 g/mol. The average molecular weight is 420 g/mol. The summed E-state index contributed by atoms with van der Waals surface area (Å²) in [7, 11) is 2.98. The minimum absolute atomic E-state index is 0.0139. The smallest absolute Gasteiger partial charge is 0.332 e. The van der Waals surface area contributed by atoms with Gasteiger partial charge in [-0.25, -0.2) is 4.79 Å². The molecule has 4 rings (SSSR count). The van der Waals surface area contributed by atoms with Gasteiger partial charge in [-0.05, 0) is 11.1 Å². The summed E-state index contributed by atoms with van der Waals surface area (Å²) in [6, 6.07) is 15.8. The Morgan fingerprint density at radius 3 is 2.29 bits per heavy atom. The van der Waals surface area contributed by atoms with Crippen LogP contribution in [0.2, 0.25) is 0 Å². The van der Waals surface area contributed by atoms with Gasteiger partial charge in [0.15, 0.2) is 11.2 Å². The molecule has 2 aromatic carbocycles. The summed E-state index contributed by atoms with van der Waals surface area (Å²) in [6.07, 6.45) is 0. The van der Waals surface area contributed by atoms with E-state index in [1.54, 1.807) is 23.7 Å². The fraction of sp³-hybridized carbons (Fsp3) is 0.190. The molecule has 0 saturated heterocycles. The maximum absolute atomic E-state index is 12.9. The number of hydrogen-bond donors (Lipinski definition) is 1. The Morgan fingerprint density at radius 2 is 1.65 bits per heavy atom. The van der Waals surface area contributed by atoms with Crippen LogP contribution in [0.15, 0.2) is 64.2 Å². The molecule has 0 radical (unpaired) electrons. The number of aromatic nitrogens is 4. The summed E-state index contributed by atoms with van der Waals surface area (Å²) in [4.78, 5) is 40.3. The largest absolute Gasteiger partial charge is 0.351 e. The van der Waals surface area contributed by atoms with Crippen molar-refractivity contribution < 1.29 is 4.92 Å². The van der Waals surface area contributed by atoms with Gasteiger partial charge in [-0.2, -0.15) is 4.98 Å². The third-order valence-electron chi connectivity index (χ3n) is 5.13. The summed E-state index contributed by atoms with van der Waals surface area (Å²) >= 11 is 0. The van der Waals surface area contributed by atoms with Crippen molar-refractivity contribution in [2.75, 3.05) is 5.32 Å². The fourth-order valence-corrected chi connectivity index (χ4v) is 3.42. The maximum atomic E-state index is 12.9. The lowest BCUT2D eigenvalue weighted by Crippen LogP contribution is -2.37. The molecule has 0 unspecified atom stereocenters. The van der Waals surface area contributed by atoms with Crippen LogP contribution in [0.3, 0.4) is 0 Å². The summed E-state index contributed by atoms with van der Waals surface area (Å²) in [5, 5.41) is 14.2. The molecule has 4 aromatic rings. The molecule has 0 aliphatic rings. The number of nitrogens with one attached hydrogen (secondary N) is 1. The number of nitrogens with zero attached hydrogens (tertiary/aromatic N) is 5. The first-order chi connectivity index (χ1) is 14.9. The molecule has 2 aromatic heterocycles. The number of non-ortho nitro benzene ring substituents is 1. The summed E-state index contributed by atoms with van der Waals surface area (Å²) in [6.45, 7) is 0.720. The molecule has 0 spiro atoms. The lowest BCUT2D eigenvalue weighted by atomic mass is 10.2. The Bertz CT molecular complexity index is 1380. The van der Waals surface area contributed by atoms with Crippen LogP contribution in [0.4, 0.5) is 11.6 Å². The van der Waals surface area contributed by atoms with Gasteiger partial charge in [0, 0.05) is 32.8 Å². The number of anilines is 1. The van der Waals surface area contributed by atoms with E-state index in [9.17, 15) is 19.7 Å². The Hall–Kier alpha value is -4.21. The van der Waals surface area contributed by atoms with Crippen molar-refractivity contribution in [3.63, 3.8) is 0 Å². The number of aryl methyl sites for hydroxylation is 1. The molecule has 10 nitrogen and oxygen atoms in total. The number of benzene rings is 2. The van der Waals surface area contributed by atoms with Crippen molar-refractivity contribution in [2.24, 2.45) is 14.1 Å². The van der Waals surface area contributed by atoms with Gasteiger partial charge in [0.2, 0.25) is 5.95 Å². The Labute approximate surface area is 176 Å². The van der Waals surface area contributed by atoms with Crippen molar-refractivity contribution >= 4 is 22.8 Å². The van der Waals surface area contributed by atoms with E-state index in [-0.39, 0.29) is 23.4 Å².